The van der Waals surface area contributed by atoms with Crippen molar-refractivity contribution < 1.29 is 14.3 Å². The van der Waals surface area contributed by atoms with Crippen molar-refractivity contribution in [1.82, 2.24) is 24.9 Å². The Hall–Kier alpha value is -5.27. The molecule has 10 nitrogen and oxygen atoms in total. The minimum absolute atomic E-state index is 0.115. The summed E-state index contributed by atoms with van der Waals surface area (Å²) in [7, 11) is 1.77. The number of benzene rings is 3. The molecule has 2 aromatic heterocycles. The lowest BCUT2D eigenvalue weighted by Crippen LogP contribution is -2.30. The van der Waals surface area contributed by atoms with Crippen molar-refractivity contribution in [3.05, 3.63) is 98.6 Å². The molecule has 2 aliphatic rings. The van der Waals surface area contributed by atoms with E-state index < -0.39 is 17.4 Å². The van der Waals surface area contributed by atoms with Crippen LogP contribution in [-0.4, -0.2) is 42.8 Å². The van der Waals surface area contributed by atoms with Gasteiger partial charge in [0.2, 0.25) is 0 Å². The molecule has 1 fully saturated rings. The van der Waals surface area contributed by atoms with E-state index in [1.807, 2.05) is 12.1 Å². The standard InChI is InChI=1S/C31H21ClN6O4/c1-37-28(18-7-4-8-26(22(18)13-33)42-17-9-10-17)23(14-34-37)16-11-21-25(35-36-29(39)27(21)24(32)12-16)15-38-30(40)19-5-2-3-6-20(19)31(38)41/h2-8,11-12,14,17H,9-10,15H2,1H3,(H,36,39). The molecule has 1 aliphatic carbocycles. The van der Waals surface area contributed by atoms with Gasteiger partial charge in [0.05, 0.1) is 51.8 Å². The molecule has 0 spiro atoms. The molecule has 0 atom stereocenters. The lowest BCUT2D eigenvalue weighted by atomic mass is 9.96. The summed E-state index contributed by atoms with van der Waals surface area (Å²) in [6, 6.07) is 17.7. The van der Waals surface area contributed by atoms with Crippen LogP contribution in [0.15, 0.2) is 65.6 Å². The van der Waals surface area contributed by atoms with Crippen molar-refractivity contribution in [1.29, 1.82) is 5.26 Å². The van der Waals surface area contributed by atoms with Crippen molar-refractivity contribution in [2.24, 2.45) is 7.05 Å². The second-order valence-electron chi connectivity index (χ2n) is 10.3. The maximum absolute atomic E-state index is 13.1. The number of H-pyrrole nitrogens is 1. The highest BCUT2D eigenvalue weighted by molar-refractivity contribution is 6.36. The maximum atomic E-state index is 13.1. The van der Waals surface area contributed by atoms with E-state index in [4.69, 9.17) is 16.3 Å². The minimum atomic E-state index is -0.504. The number of amides is 2. The molecule has 7 rings (SSSR count). The van der Waals surface area contributed by atoms with Gasteiger partial charge in [0.25, 0.3) is 17.4 Å². The van der Waals surface area contributed by atoms with Gasteiger partial charge in [-0.1, -0.05) is 35.9 Å². The summed E-state index contributed by atoms with van der Waals surface area (Å²) in [5.41, 5.74) is 3.39. The third-order valence-corrected chi connectivity index (χ3v) is 7.87. The lowest BCUT2D eigenvalue weighted by molar-refractivity contribution is 0.0640. The summed E-state index contributed by atoms with van der Waals surface area (Å²) in [6.45, 7) is -0.168. The zero-order chi connectivity index (χ0) is 29.1. The molecule has 0 unspecified atom stereocenters. The molecule has 1 saturated carbocycles. The highest BCUT2D eigenvalue weighted by Gasteiger charge is 2.36. The molecular formula is C31H21ClN6O4. The van der Waals surface area contributed by atoms with Crippen molar-refractivity contribution in [2.45, 2.75) is 25.5 Å². The Morgan fingerprint density at radius 2 is 1.74 bits per heavy atom. The molecule has 42 heavy (non-hydrogen) atoms. The fraction of sp³-hybridized carbons (Fsp3) is 0.161. The Bertz CT molecular complexity index is 2040. The first-order valence-corrected chi connectivity index (χ1v) is 13.6. The molecule has 0 saturated heterocycles. The van der Waals surface area contributed by atoms with Crippen molar-refractivity contribution in [3.8, 4) is 34.2 Å². The van der Waals surface area contributed by atoms with Crippen LogP contribution < -0.4 is 10.3 Å². The number of nitriles is 1. The number of aryl methyl sites for hydroxylation is 1. The second kappa shape index (κ2) is 9.68. The molecule has 2 amide bonds. The van der Waals surface area contributed by atoms with Gasteiger partial charge in [-0.25, -0.2) is 5.10 Å². The van der Waals surface area contributed by atoms with Crippen LogP contribution in [0.2, 0.25) is 5.02 Å². The van der Waals surface area contributed by atoms with E-state index in [1.165, 1.54) is 0 Å². The quantitative estimate of drug-likeness (QED) is 0.285. The van der Waals surface area contributed by atoms with Gasteiger partial charge in [-0.15, -0.1) is 0 Å². The molecule has 0 bridgehead atoms. The Morgan fingerprint density at radius 1 is 1.02 bits per heavy atom. The number of aromatic nitrogens is 4. The van der Waals surface area contributed by atoms with Crippen molar-refractivity contribution >= 4 is 34.2 Å². The average Bonchev–Trinajstić information content (AvgIpc) is 3.68. The lowest BCUT2D eigenvalue weighted by Gasteiger charge is -2.16. The largest absolute Gasteiger partial charge is 0.489 e. The van der Waals surface area contributed by atoms with Crippen LogP contribution in [0.3, 0.4) is 0 Å². The SMILES string of the molecule is Cn1ncc(-c2cc(Cl)c3c(=O)[nH]nc(CN4C(=O)c5ccccc5C4=O)c3c2)c1-c1cccc(OC2CC2)c1C#N. The topological polar surface area (TPSA) is 134 Å². The first kappa shape index (κ1) is 25.7. The molecule has 5 aromatic rings. The molecule has 3 heterocycles. The predicted molar refractivity (Wildman–Crippen MR) is 154 cm³/mol. The van der Waals surface area contributed by atoms with E-state index in [1.54, 1.807) is 60.4 Å². The van der Waals surface area contributed by atoms with Gasteiger partial charge in [-0.3, -0.25) is 24.0 Å². The van der Waals surface area contributed by atoms with Gasteiger partial charge in [0.1, 0.15) is 17.4 Å². The Labute approximate surface area is 243 Å². The fourth-order valence-electron chi connectivity index (χ4n) is 5.38. The predicted octanol–water partition coefficient (Wildman–Crippen LogP) is 4.85. The number of carbonyl (C=O) groups is 2. The molecule has 1 N–H and O–H groups in total. The molecular weight excluding hydrogens is 556 g/mol. The summed E-state index contributed by atoms with van der Waals surface area (Å²) in [5, 5.41) is 22.0. The van der Waals surface area contributed by atoms with Gasteiger partial charge in [0.15, 0.2) is 0 Å². The number of ether oxygens (including phenoxy) is 1. The van der Waals surface area contributed by atoms with Crippen LogP contribution in [-0.2, 0) is 13.6 Å². The third-order valence-electron chi connectivity index (χ3n) is 7.57. The van der Waals surface area contributed by atoms with Gasteiger partial charge in [-0.05, 0) is 48.7 Å². The number of nitrogens with one attached hydrogen (secondary N) is 1. The number of fused-ring (bicyclic) bond motifs is 2. The smallest absolute Gasteiger partial charge is 0.273 e. The van der Waals surface area contributed by atoms with E-state index in [0.717, 1.165) is 17.7 Å². The molecule has 11 heteroatoms. The van der Waals surface area contributed by atoms with Crippen molar-refractivity contribution in [2.75, 3.05) is 0 Å². The van der Waals surface area contributed by atoms with Gasteiger partial charge in [-0.2, -0.15) is 15.5 Å². The van der Waals surface area contributed by atoms with Crippen molar-refractivity contribution in [3.63, 3.8) is 0 Å². The Kier molecular flexibility index (Phi) is 5.92. The number of aromatic amines is 1. The van der Waals surface area contributed by atoms with E-state index in [2.05, 4.69) is 21.4 Å². The Morgan fingerprint density at radius 3 is 2.43 bits per heavy atom. The van der Waals surface area contributed by atoms with Crippen LogP contribution in [0.25, 0.3) is 33.2 Å². The summed E-state index contributed by atoms with van der Waals surface area (Å²) in [4.78, 5) is 40.1. The van der Waals surface area contributed by atoms with Crippen LogP contribution >= 0.6 is 11.6 Å². The number of halogens is 1. The normalized spacial score (nSPS) is 14.4. The summed E-state index contributed by atoms with van der Waals surface area (Å²) < 4.78 is 7.67. The average molecular weight is 577 g/mol. The maximum Gasteiger partial charge on any atom is 0.273 e. The number of rotatable bonds is 6. The van der Waals surface area contributed by atoms with Crippen LogP contribution in [0, 0.1) is 11.3 Å². The Balaban J connectivity index is 1.36. The zero-order valence-corrected chi connectivity index (χ0v) is 23.0. The van der Waals surface area contributed by atoms with Gasteiger partial charge >= 0.3 is 0 Å². The second-order valence-corrected chi connectivity index (χ2v) is 10.7. The molecule has 206 valence electrons. The van der Waals surface area contributed by atoms with E-state index in [-0.39, 0.29) is 23.1 Å². The molecule has 3 aromatic carbocycles. The van der Waals surface area contributed by atoms with Gasteiger partial charge in [0, 0.05) is 23.6 Å². The first-order valence-electron chi connectivity index (χ1n) is 13.2. The van der Waals surface area contributed by atoms with E-state index >= 15 is 0 Å². The highest BCUT2D eigenvalue weighted by atomic mass is 35.5. The van der Waals surface area contributed by atoms with E-state index in [9.17, 15) is 19.6 Å². The minimum Gasteiger partial charge on any atom is -0.489 e. The number of carbonyl (C=O) groups excluding carboxylic acids is 2. The summed E-state index contributed by atoms with van der Waals surface area (Å²) >= 11 is 6.69. The number of hydrogen-bond acceptors (Lipinski definition) is 7. The van der Waals surface area contributed by atoms with E-state index in [0.29, 0.717) is 55.9 Å². The van der Waals surface area contributed by atoms with Crippen LogP contribution in [0.5, 0.6) is 5.75 Å². The summed E-state index contributed by atoms with van der Waals surface area (Å²) in [6.07, 6.45) is 3.69. The van der Waals surface area contributed by atoms with Gasteiger partial charge < -0.3 is 4.74 Å². The molecule has 1 aliphatic heterocycles. The molecule has 0 radical (unpaired) electrons. The fourth-order valence-corrected chi connectivity index (χ4v) is 5.69. The van der Waals surface area contributed by atoms with Crippen LogP contribution in [0.4, 0.5) is 0 Å². The third kappa shape index (κ3) is 4.05. The van der Waals surface area contributed by atoms with Crippen LogP contribution in [0.1, 0.15) is 44.8 Å². The number of imide groups is 1. The highest BCUT2D eigenvalue weighted by Crippen LogP contribution is 2.40. The first-order chi connectivity index (χ1) is 20.4. The summed E-state index contributed by atoms with van der Waals surface area (Å²) in [5.74, 6) is -0.364. The number of nitrogens with zero attached hydrogens (tertiary/aromatic N) is 5. The number of hydrogen-bond donors (Lipinski definition) is 1. The monoisotopic (exact) mass is 576 g/mol. The zero-order valence-electron chi connectivity index (χ0n) is 22.2.